The summed E-state index contributed by atoms with van der Waals surface area (Å²) in [5, 5.41) is 0. The van der Waals surface area contributed by atoms with Gasteiger partial charge in [-0.25, -0.2) is 0 Å². The largest absolute Gasteiger partial charge is 0.297 e. The fraction of sp³-hybridized carbons (Fsp3) is 0.231. The summed E-state index contributed by atoms with van der Waals surface area (Å²) in [5.74, 6) is 0. The quantitative estimate of drug-likeness (QED) is 0.637. The van der Waals surface area contributed by atoms with E-state index >= 15 is 0 Å². The van der Waals surface area contributed by atoms with Crippen LogP contribution in [0.2, 0.25) is 0 Å². The maximum absolute atomic E-state index is 12.0. The topological polar surface area (TPSA) is 43.4 Å². The van der Waals surface area contributed by atoms with Crippen LogP contribution >= 0.6 is 0 Å². The minimum absolute atomic E-state index is 0. The summed E-state index contributed by atoms with van der Waals surface area (Å²) in [6.45, 7) is 3.39. The molecule has 0 aromatic carbocycles. The molecule has 0 saturated heterocycles. The van der Waals surface area contributed by atoms with Crippen LogP contribution in [0.15, 0.2) is 47.4 Å². The molecule has 1 radical (unpaired) electrons. The molecule has 3 nitrogen and oxygen atoms in total. The molecule has 0 heterocycles. The van der Waals surface area contributed by atoms with Crippen molar-refractivity contribution in [2.24, 2.45) is 0 Å². The van der Waals surface area contributed by atoms with Gasteiger partial charge >= 0.3 is 0 Å². The molecule has 2 rings (SSSR count). The summed E-state index contributed by atoms with van der Waals surface area (Å²) < 4.78 is 29.0. The van der Waals surface area contributed by atoms with Crippen molar-refractivity contribution in [1.29, 1.82) is 0 Å². The second-order valence-corrected chi connectivity index (χ2v) is 5.62. The van der Waals surface area contributed by atoms with Crippen molar-refractivity contribution in [3.63, 3.8) is 0 Å². The van der Waals surface area contributed by atoms with Crippen LogP contribution in [0.4, 0.5) is 0 Å². The first kappa shape index (κ1) is 15.7. The van der Waals surface area contributed by atoms with Gasteiger partial charge in [-0.3, -0.25) is 4.18 Å². The fourth-order valence-electron chi connectivity index (χ4n) is 1.71. The molecule has 18 heavy (non-hydrogen) atoms. The molecule has 5 heteroatoms. The van der Waals surface area contributed by atoms with Crippen molar-refractivity contribution in [3.8, 4) is 11.1 Å². The molecule has 0 N–H and O–H groups in total. The van der Waals surface area contributed by atoms with E-state index in [1.54, 1.807) is 32.0 Å². The predicted octanol–water partition coefficient (Wildman–Crippen LogP) is 2.52. The van der Waals surface area contributed by atoms with Gasteiger partial charge < -0.3 is 0 Å². The van der Waals surface area contributed by atoms with Gasteiger partial charge in [0.05, 0.1) is 6.10 Å². The summed E-state index contributed by atoms with van der Waals surface area (Å²) in [6, 6.07) is 12.6. The fourth-order valence-corrected chi connectivity index (χ4v) is 3.01. The number of hydrogen-bond donors (Lipinski definition) is 0. The van der Waals surface area contributed by atoms with Crippen LogP contribution in [0.5, 0.6) is 0 Å². The van der Waals surface area contributed by atoms with Crippen LogP contribution in [-0.2, 0) is 14.3 Å². The third-order valence-electron chi connectivity index (χ3n) is 2.34. The Labute approximate surface area is 130 Å². The van der Waals surface area contributed by atoms with E-state index in [4.69, 9.17) is 4.18 Å². The molecule has 0 aromatic rings. The average Bonchev–Trinajstić information content (AvgIpc) is 2.48. The third kappa shape index (κ3) is 3.33. The maximum Gasteiger partial charge on any atom is 0.297 e. The van der Waals surface area contributed by atoms with Gasteiger partial charge in [0.2, 0.25) is 0 Å². The van der Waals surface area contributed by atoms with Crippen LogP contribution in [-0.4, -0.2) is 44.1 Å². The summed E-state index contributed by atoms with van der Waals surface area (Å²) in [7, 11) is -3.67. The Morgan fingerprint density at radius 3 is 2.33 bits per heavy atom. The Morgan fingerprint density at radius 1 is 1.00 bits per heavy atom. The predicted molar refractivity (Wildman–Crippen MR) is 72.2 cm³/mol. The molecule has 0 amide bonds. The molecule has 91 valence electrons. The van der Waals surface area contributed by atoms with Crippen molar-refractivity contribution in [3.05, 3.63) is 42.5 Å². The molecule has 0 fully saturated rings. The van der Waals surface area contributed by atoms with Gasteiger partial charge in [0.15, 0.2) is 0 Å². The second kappa shape index (κ2) is 6.17. The minimum atomic E-state index is -3.67. The monoisotopic (exact) mass is 273 g/mol. The van der Waals surface area contributed by atoms with Crippen molar-refractivity contribution in [2.45, 2.75) is 24.8 Å². The Balaban J connectivity index is 0.00000162. The van der Waals surface area contributed by atoms with Crippen molar-refractivity contribution < 1.29 is 12.6 Å². The molecule has 2 aliphatic rings. The Hall–Kier alpha value is -0.390. The first-order valence-electron chi connectivity index (χ1n) is 5.42. The number of hydrogen-bond acceptors (Lipinski definition) is 3. The summed E-state index contributed by atoms with van der Waals surface area (Å²) in [4.78, 5) is 0.234. The standard InChI is InChI=1S/C13H14O3S.Na/c1-10(2)16-17(14,15)13-9-8-11-6-4-3-5-7-12(11)13;/h3-10H,1-2H3;. The summed E-state index contributed by atoms with van der Waals surface area (Å²) in [6.07, 6.45) is -0.359. The first-order valence-corrected chi connectivity index (χ1v) is 6.82. The van der Waals surface area contributed by atoms with E-state index in [-0.39, 0.29) is 40.6 Å². The first-order chi connectivity index (χ1) is 8.00. The van der Waals surface area contributed by atoms with Crippen LogP contribution < -0.4 is 0 Å². The van der Waals surface area contributed by atoms with E-state index in [0.29, 0.717) is 5.56 Å². The van der Waals surface area contributed by atoms with Crippen LogP contribution in [0, 0.1) is 0 Å². The molecule has 0 unspecified atom stereocenters. The maximum atomic E-state index is 12.0. The van der Waals surface area contributed by atoms with Gasteiger partial charge in [-0.15, -0.1) is 0 Å². The Bertz CT molecular complexity index is 593. The molecule has 0 aliphatic heterocycles. The van der Waals surface area contributed by atoms with Crippen LogP contribution in [0.1, 0.15) is 13.8 Å². The normalized spacial score (nSPS) is 11.5. The van der Waals surface area contributed by atoms with Crippen molar-refractivity contribution in [2.75, 3.05) is 0 Å². The SMILES string of the molecule is CC(C)OS(=O)(=O)c1ccc2cccccc1-2.[Na]. The summed E-state index contributed by atoms with van der Waals surface area (Å²) >= 11 is 0. The van der Waals surface area contributed by atoms with Gasteiger partial charge in [-0.1, -0.05) is 36.4 Å². The minimum Gasteiger partial charge on any atom is -0.264 e. The molecule has 0 saturated carbocycles. The molecular formula is C13H14NaO3S. The van der Waals surface area contributed by atoms with E-state index in [9.17, 15) is 8.42 Å². The van der Waals surface area contributed by atoms with Gasteiger partial charge in [0.1, 0.15) is 4.90 Å². The molecule has 0 aromatic heterocycles. The van der Waals surface area contributed by atoms with E-state index in [2.05, 4.69) is 0 Å². The van der Waals surface area contributed by atoms with E-state index in [0.717, 1.165) is 5.56 Å². The van der Waals surface area contributed by atoms with Crippen molar-refractivity contribution in [1.82, 2.24) is 0 Å². The molecule has 2 aliphatic carbocycles. The van der Waals surface area contributed by atoms with Gasteiger partial charge in [-0.2, -0.15) is 8.42 Å². The van der Waals surface area contributed by atoms with Crippen LogP contribution in [0.3, 0.4) is 0 Å². The zero-order valence-electron chi connectivity index (χ0n) is 10.8. The zero-order chi connectivity index (χ0) is 12.5. The molecule has 0 bridgehead atoms. The zero-order valence-corrected chi connectivity index (χ0v) is 13.6. The number of fused-ring (bicyclic) bond motifs is 1. The molecule has 0 spiro atoms. The van der Waals surface area contributed by atoms with Gasteiger partial charge in [-0.05, 0) is 25.5 Å². The Kier molecular flexibility index (Phi) is 5.37. The van der Waals surface area contributed by atoms with Crippen LogP contribution in [0.25, 0.3) is 11.1 Å². The average molecular weight is 273 g/mol. The van der Waals surface area contributed by atoms with E-state index < -0.39 is 10.1 Å². The van der Waals surface area contributed by atoms with Crippen molar-refractivity contribution >= 4 is 39.7 Å². The third-order valence-corrected chi connectivity index (χ3v) is 3.87. The van der Waals surface area contributed by atoms with Gasteiger partial charge in [0.25, 0.3) is 10.1 Å². The molecular weight excluding hydrogens is 259 g/mol. The van der Waals surface area contributed by atoms with E-state index in [1.807, 2.05) is 24.3 Å². The second-order valence-electron chi connectivity index (χ2n) is 4.08. The van der Waals surface area contributed by atoms with Gasteiger partial charge in [0, 0.05) is 35.1 Å². The molecule has 0 atom stereocenters. The summed E-state index contributed by atoms with van der Waals surface area (Å²) in [5.41, 5.74) is 1.58. The number of rotatable bonds is 3. The van der Waals surface area contributed by atoms with E-state index in [1.165, 1.54) is 0 Å². The Morgan fingerprint density at radius 2 is 1.67 bits per heavy atom. The smallest absolute Gasteiger partial charge is 0.264 e.